The minimum Gasteiger partial charge on any atom is -0.278 e. The molecule has 0 bridgehead atoms. The van der Waals surface area contributed by atoms with Crippen LogP contribution >= 0.6 is 0 Å². The zero-order chi connectivity index (χ0) is 16.0. The van der Waals surface area contributed by atoms with Crippen LogP contribution in [0, 0.1) is 6.92 Å². The van der Waals surface area contributed by atoms with Crippen LogP contribution in [0.3, 0.4) is 0 Å². The fourth-order valence-corrected chi connectivity index (χ4v) is 3.22. The van der Waals surface area contributed by atoms with E-state index in [1.165, 1.54) is 0 Å². The van der Waals surface area contributed by atoms with Gasteiger partial charge in [0.1, 0.15) is 0 Å². The number of fused-ring (bicyclic) bond motifs is 2. The van der Waals surface area contributed by atoms with E-state index >= 15 is 0 Å². The number of H-pyrrole nitrogens is 1. The number of aryl methyl sites for hydroxylation is 3. The molecule has 1 N–H and O–H groups in total. The van der Waals surface area contributed by atoms with Crippen molar-refractivity contribution in [3.8, 4) is 11.1 Å². The van der Waals surface area contributed by atoms with E-state index in [4.69, 9.17) is 0 Å². The first kappa shape index (κ1) is 13.9. The second-order valence-corrected chi connectivity index (χ2v) is 5.81. The molecule has 0 aliphatic rings. The molecule has 4 aromatic rings. The third-order valence-corrected chi connectivity index (χ3v) is 4.47. The molecule has 0 spiro atoms. The summed E-state index contributed by atoms with van der Waals surface area (Å²) in [7, 11) is 1.94. The molecule has 0 saturated carbocycles. The van der Waals surface area contributed by atoms with E-state index in [9.17, 15) is 4.39 Å². The van der Waals surface area contributed by atoms with Crippen LogP contribution < -0.4 is 0 Å². The highest BCUT2D eigenvalue weighted by molar-refractivity contribution is 6.00. The average molecular weight is 308 g/mol. The monoisotopic (exact) mass is 308 g/mol. The molecule has 23 heavy (non-hydrogen) atoms. The molecule has 4 nitrogen and oxygen atoms in total. The predicted molar refractivity (Wildman–Crippen MR) is 90.2 cm³/mol. The Kier molecular flexibility index (Phi) is 3.15. The van der Waals surface area contributed by atoms with Gasteiger partial charge < -0.3 is 0 Å². The lowest BCUT2D eigenvalue weighted by Crippen LogP contribution is -1.94. The van der Waals surface area contributed by atoms with E-state index in [1.54, 1.807) is 0 Å². The van der Waals surface area contributed by atoms with Crippen LogP contribution in [0.15, 0.2) is 36.5 Å². The summed E-state index contributed by atoms with van der Waals surface area (Å²) in [4.78, 5) is 0. The lowest BCUT2D eigenvalue weighted by Gasteiger charge is -2.11. The van der Waals surface area contributed by atoms with Crippen molar-refractivity contribution in [1.29, 1.82) is 0 Å². The third kappa shape index (κ3) is 2.11. The van der Waals surface area contributed by atoms with Crippen LogP contribution in [0.5, 0.6) is 0 Å². The summed E-state index contributed by atoms with van der Waals surface area (Å²) in [6.45, 7) is 1.68. The highest BCUT2D eigenvalue weighted by atomic mass is 19.1. The van der Waals surface area contributed by atoms with Crippen LogP contribution in [0.25, 0.3) is 32.9 Å². The second-order valence-electron chi connectivity index (χ2n) is 5.81. The van der Waals surface area contributed by atoms with Crippen molar-refractivity contribution >= 4 is 21.8 Å². The first-order valence-corrected chi connectivity index (χ1v) is 7.63. The van der Waals surface area contributed by atoms with Crippen LogP contribution in [-0.4, -0.2) is 26.7 Å². The van der Waals surface area contributed by atoms with Gasteiger partial charge in [0.2, 0.25) is 0 Å². The fraction of sp³-hybridized carbons (Fsp3) is 0.222. The number of aromatic amines is 1. The molecule has 2 heterocycles. The number of alkyl halides is 1. The van der Waals surface area contributed by atoms with Crippen molar-refractivity contribution in [3.63, 3.8) is 0 Å². The summed E-state index contributed by atoms with van der Waals surface area (Å²) in [5.74, 6) is 0. The van der Waals surface area contributed by atoms with Gasteiger partial charge >= 0.3 is 0 Å². The molecule has 2 aromatic heterocycles. The van der Waals surface area contributed by atoms with Gasteiger partial charge in [0.05, 0.1) is 23.9 Å². The maximum atomic E-state index is 13.0. The van der Waals surface area contributed by atoms with Gasteiger partial charge in [-0.1, -0.05) is 12.1 Å². The maximum absolute atomic E-state index is 13.0. The zero-order valence-corrected chi connectivity index (χ0v) is 13.1. The van der Waals surface area contributed by atoms with E-state index in [0.29, 0.717) is 6.42 Å². The summed E-state index contributed by atoms with van der Waals surface area (Å²) >= 11 is 0. The van der Waals surface area contributed by atoms with Gasteiger partial charge in [-0.05, 0) is 41.8 Å². The molecule has 0 radical (unpaired) electrons. The molecule has 0 aliphatic heterocycles. The molecule has 5 heteroatoms. The third-order valence-electron chi connectivity index (χ3n) is 4.47. The SMILES string of the molecule is Cc1c2c(-c3ccc4[nH]ncc4c3)c(CCF)ccc2nn1C. The molecule has 0 aliphatic carbocycles. The molecule has 0 saturated heterocycles. The number of nitrogens with one attached hydrogen (secondary N) is 1. The van der Waals surface area contributed by atoms with Crippen molar-refractivity contribution < 1.29 is 4.39 Å². The molecule has 4 rings (SSSR count). The summed E-state index contributed by atoms with van der Waals surface area (Å²) in [6.07, 6.45) is 2.22. The Morgan fingerprint density at radius 1 is 1.22 bits per heavy atom. The van der Waals surface area contributed by atoms with Crippen molar-refractivity contribution in [1.82, 2.24) is 20.0 Å². The number of rotatable bonds is 3. The average Bonchev–Trinajstić information content (AvgIpc) is 3.12. The van der Waals surface area contributed by atoms with E-state index in [2.05, 4.69) is 34.4 Å². The first-order chi connectivity index (χ1) is 11.2. The first-order valence-electron chi connectivity index (χ1n) is 7.63. The van der Waals surface area contributed by atoms with E-state index in [-0.39, 0.29) is 6.67 Å². The molecule has 0 fully saturated rings. The van der Waals surface area contributed by atoms with E-state index in [0.717, 1.165) is 44.2 Å². The van der Waals surface area contributed by atoms with Gasteiger partial charge in [-0.25, -0.2) is 0 Å². The number of hydrogen-bond acceptors (Lipinski definition) is 2. The Hall–Kier alpha value is -2.69. The fourth-order valence-electron chi connectivity index (χ4n) is 3.22. The van der Waals surface area contributed by atoms with Gasteiger partial charge in [0.15, 0.2) is 0 Å². The molecule has 0 atom stereocenters. The standard InChI is InChI=1S/C18H17FN4/c1-11-17-16(22-23(11)2)6-3-12(7-8-19)18(17)13-4-5-15-14(9-13)10-20-21-15/h3-6,9-10H,7-8H2,1-2H3,(H,20,21). The Morgan fingerprint density at radius 3 is 2.91 bits per heavy atom. The Labute approximate surface area is 132 Å². The molecule has 116 valence electrons. The number of hydrogen-bond donors (Lipinski definition) is 1. The highest BCUT2D eigenvalue weighted by Gasteiger charge is 2.16. The lowest BCUT2D eigenvalue weighted by molar-refractivity contribution is 0.496. The van der Waals surface area contributed by atoms with Gasteiger partial charge in [-0.3, -0.25) is 14.2 Å². The van der Waals surface area contributed by atoms with Crippen molar-refractivity contribution in [2.75, 3.05) is 6.67 Å². The van der Waals surface area contributed by atoms with Gasteiger partial charge in [0, 0.05) is 29.9 Å². The minimum atomic E-state index is -0.369. The van der Waals surface area contributed by atoms with Crippen LogP contribution in [-0.2, 0) is 13.5 Å². The Bertz CT molecular complexity index is 1010. The summed E-state index contributed by atoms with van der Waals surface area (Å²) < 4.78 is 14.9. The van der Waals surface area contributed by atoms with Crippen molar-refractivity contribution in [2.45, 2.75) is 13.3 Å². The van der Waals surface area contributed by atoms with Crippen LogP contribution in [0.2, 0.25) is 0 Å². The lowest BCUT2D eigenvalue weighted by atomic mass is 9.93. The topological polar surface area (TPSA) is 46.5 Å². The van der Waals surface area contributed by atoms with Crippen LogP contribution in [0.4, 0.5) is 4.39 Å². The van der Waals surface area contributed by atoms with Crippen LogP contribution in [0.1, 0.15) is 11.3 Å². The maximum Gasteiger partial charge on any atom is 0.0934 e. The molecule has 2 aromatic carbocycles. The second kappa shape index (κ2) is 5.19. The highest BCUT2D eigenvalue weighted by Crippen LogP contribution is 2.35. The minimum absolute atomic E-state index is 0.369. The number of halogens is 1. The quantitative estimate of drug-likeness (QED) is 0.623. The normalized spacial score (nSPS) is 11.6. The van der Waals surface area contributed by atoms with E-state index in [1.807, 2.05) is 36.1 Å². The van der Waals surface area contributed by atoms with Gasteiger partial charge in [-0.15, -0.1) is 0 Å². The molecular weight excluding hydrogens is 291 g/mol. The van der Waals surface area contributed by atoms with E-state index < -0.39 is 0 Å². The number of nitrogens with zero attached hydrogens (tertiary/aromatic N) is 3. The number of benzene rings is 2. The Morgan fingerprint density at radius 2 is 2.09 bits per heavy atom. The number of aromatic nitrogens is 4. The molecule has 0 unspecified atom stereocenters. The zero-order valence-electron chi connectivity index (χ0n) is 13.1. The summed E-state index contributed by atoms with van der Waals surface area (Å²) in [5, 5.41) is 13.7. The Balaban J connectivity index is 2.07. The predicted octanol–water partition coefficient (Wildman–Crippen LogP) is 3.94. The van der Waals surface area contributed by atoms with Crippen molar-refractivity contribution in [2.24, 2.45) is 7.05 Å². The van der Waals surface area contributed by atoms with Gasteiger partial charge in [0.25, 0.3) is 0 Å². The largest absolute Gasteiger partial charge is 0.278 e. The van der Waals surface area contributed by atoms with Crippen molar-refractivity contribution in [3.05, 3.63) is 47.8 Å². The smallest absolute Gasteiger partial charge is 0.0934 e. The molecular formula is C18H17FN4. The summed E-state index contributed by atoms with van der Waals surface area (Å²) in [6, 6.07) is 10.1. The van der Waals surface area contributed by atoms with Gasteiger partial charge in [-0.2, -0.15) is 10.2 Å². The molecule has 0 amide bonds. The summed E-state index contributed by atoms with van der Waals surface area (Å²) in [5.41, 5.74) is 6.19.